The summed E-state index contributed by atoms with van der Waals surface area (Å²) >= 11 is 1.96. The van der Waals surface area contributed by atoms with Gasteiger partial charge in [-0.3, -0.25) is 0 Å². The molecule has 0 aromatic heterocycles. The molecule has 0 aliphatic heterocycles. The van der Waals surface area contributed by atoms with E-state index in [9.17, 15) is 0 Å². The largest absolute Gasteiger partial charge is 0.120 e. The third-order valence-corrected chi connectivity index (χ3v) is 6.33. The Kier molecular flexibility index (Phi) is 5.62. The second kappa shape index (κ2) is 7.13. The summed E-state index contributed by atoms with van der Waals surface area (Å²) in [5.41, 5.74) is 4.27. The average Bonchev–Trinajstić information content (AvgIpc) is 2.55. The molecule has 0 aliphatic rings. The van der Waals surface area contributed by atoms with E-state index in [2.05, 4.69) is 90.1 Å². The maximum atomic E-state index is 2.31. The summed E-state index contributed by atoms with van der Waals surface area (Å²) in [6.07, 6.45) is 2.33. The summed E-state index contributed by atoms with van der Waals surface area (Å²) in [5.74, 6) is 0. The first-order valence-electron chi connectivity index (χ1n) is 8.67. The molecule has 0 nitrogen and oxygen atoms in total. The van der Waals surface area contributed by atoms with Crippen LogP contribution in [-0.4, -0.2) is 4.75 Å². The SMILES string of the molecule is CCC(C)(C)Sc1ccc(-c2ccc(C(C)(C)CC)cc2)cc1. The van der Waals surface area contributed by atoms with Gasteiger partial charge in [0.25, 0.3) is 0 Å². The predicted molar refractivity (Wildman–Crippen MR) is 105 cm³/mol. The van der Waals surface area contributed by atoms with E-state index >= 15 is 0 Å². The third-order valence-electron chi connectivity index (χ3n) is 4.98. The van der Waals surface area contributed by atoms with E-state index < -0.39 is 0 Å². The maximum absolute atomic E-state index is 2.31. The van der Waals surface area contributed by atoms with E-state index in [1.165, 1.54) is 28.0 Å². The number of hydrogen-bond acceptors (Lipinski definition) is 1. The Morgan fingerprint density at radius 3 is 1.61 bits per heavy atom. The summed E-state index contributed by atoms with van der Waals surface area (Å²) in [7, 11) is 0. The van der Waals surface area contributed by atoms with Gasteiger partial charge in [0.05, 0.1) is 0 Å². The van der Waals surface area contributed by atoms with Crippen LogP contribution in [0.15, 0.2) is 53.4 Å². The summed E-state index contributed by atoms with van der Waals surface area (Å²) in [5, 5.41) is 0. The third kappa shape index (κ3) is 4.64. The Bertz CT molecular complexity index is 618. The molecule has 0 amide bonds. The van der Waals surface area contributed by atoms with E-state index in [0.29, 0.717) is 4.75 Å². The van der Waals surface area contributed by atoms with Crippen molar-refractivity contribution >= 4 is 11.8 Å². The van der Waals surface area contributed by atoms with Crippen molar-refractivity contribution < 1.29 is 0 Å². The van der Waals surface area contributed by atoms with Crippen molar-refractivity contribution in [3.63, 3.8) is 0 Å². The van der Waals surface area contributed by atoms with Crippen molar-refractivity contribution in [2.75, 3.05) is 0 Å². The van der Waals surface area contributed by atoms with Crippen LogP contribution in [0.5, 0.6) is 0 Å². The maximum Gasteiger partial charge on any atom is 0.0148 e. The van der Waals surface area contributed by atoms with Crippen LogP contribution in [0.25, 0.3) is 11.1 Å². The first-order chi connectivity index (χ1) is 10.8. The predicted octanol–water partition coefficient (Wildman–Crippen LogP) is 7.32. The minimum atomic E-state index is 0.255. The lowest BCUT2D eigenvalue weighted by Crippen LogP contribution is -2.14. The van der Waals surface area contributed by atoms with Crippen molar-refractivity contribution in [3.05, 3.63) is 54.1 Å². The van der Waals surface area contributed by atoms with E-state index in [4.69, 9.17) is 0 Å². The quantitative estimate of drug-likeness (QED) is 0.501. The fourth-order valence-corrected chi connectivity index (χ4v) is 3.48. The van der Waals surface area contributed by atoms with Gasteiger partial charge in [-0.1, -0.05) is 77.9 Å². The standard InChI is InChI=1S/C22H30S/c1-7-21(3,4)19-13-9-17(10-14-19)18-11-15-20(16-12-18)23-22(5,6)8-2/h9-16H,7-8H2,1-6H3. The Morgan fingerprint density at radius 2 is 1.17 bits per heavy atom. The molecule has 0 N–H and O–H groups in total. The van der Waals surface area contributed by atoms with Crippen LogP contribution in [-0.2, 0) is 5.41 Å². The Morgan fingerprint density at radius 1 is 0.696 bits per heavy atom. The van der Waals surface area contributed by atoms with E-state index in [-0.39, 0.29) is 5.41 Å². The molecule has 1 heteroatoms. The molecule has 0 saturated heterocycles. The number of thioether (sulfide) groups is 1. The summed E-state index contributed by atoms with van der Waals surface area (Å²) in [6.45, 7) is 13.7. The molecule has 0 spiro atoms. The normalized spacial score (nSPS) is 12.4. The highest BCUT2D eigenvalue weighted by Gasteiger charge is 2.18. The molecule has 2 aromatic rings. The highest BCUT2D eigenvalue weighted by atomic mass is 32.2. The molecule has 0 unspecified atom stereocenters. The zero-order valence-electron chi connectivity index (χ0n) is 15.4. The van der Waals surface area contributed by atoms with Crippen LogP contribution in [0.2, 0.25) is 0 Å². The van der Waals surface area contributed by atoms with Gasteiger partial charge in [0, 0.05) is 9.64 Å². The summed E-state index contributed by atoms with van der Waals surface area (Å²) in [6, 6.07) is 18.1. The van der Waals surface area contributed by atoms with Gasteiger partial charge in [0.15, 0.2) is 0 Å². The fraction of sp³-hybridized carbons (Fsp3) is 0.455. The Labute approximate surface area is 146 Å². The number of rotatable bonds is 6. The molecule has 2 rings (SSSR count). The second-order valence-corrected chi connectivity index (χ2v) is 9.34. The molecular formula is C22H30S. The minimum Gasteiger partial charge on any atom is -0.120 e. The lowest BCUT2D eigenvalue weighted by molar-refractivity contribution is 0.506. The summed E-state index contributed by atoms with van der Waals surface area (Å²) in [4.78, 5) is 1.35. The molecule has 0 fully saturated rings. The van der Waals surface area contributed by atoms with Crippen molar-refractivity contribution in [1.29, 1.82) is 0 Å². The van der Waals surface area contributed by atoms with Gasteiger partial charge in [-0.25, -0.2) is 0 Å². The molecule has 0 radical (unpaired) electrons. The van der Waals surface area contributed by atoms with Gasteiger partial charge in [-0.05, 0) is 47.1 Å². The number of hydrogen-bond donors (Lipinski definition) is 0. The number of benzene rings is 2. The molecule has 0 saturated carbocycles. The van der Waals surface area contributed by atoms with Crippen molar-refractivity contribution in [3.8, 4) is 11.1 Å². The average molecular weight is 327 g/mol. The second-order valence-electron chi connectivity index (χ2n) is 7.55. The molecule has 23 heavy (non-hydrogen) atoms. The Hall–Kier alpha value is -1.21. The van der Waals surface area contributed by atoms with Crippen molar-refractivity contribution in [2.45, 2.75) is 69.4 Å². The van der Waals surface area contributed by atoms with Crippen LogP contribution < -0.4 is 0 Å². The van der Waals surface area contributed by atoms with Crippen LogP contribution in [0.1, 0.15) is 59.9 Å². The smallest absolute Gasteiger partial charge is 0.0148 e. The van der Waals surface area contributed by atoms with E-state index in [0.717, 1.165) is 6.42 Å². The van der Waals surface area contributed by atoms with Crippen molar-refractivity contribution in [1.82, 2.24) is 0 Å². The van der Waals surface area contributed by atoms with Crippen molar-refractivity contribution in [2.24, 2.45) is 0 Å². The molecule has 2 aromatic carbocycles. The molecule has 0 atom stereocenters. The zero-order valence-corrected chi connectivity index (χ0v) is 16.3. The van der Waals surface area contributed by atoms with Crippen LogP contribution in [0.3, 0.4) is 0 Å². The topological polar surface area (TPSA) is 0 Å². The lowest BCUT2D eigenvalue weighted by Gasteiger charge is -2.23. The van der Waals surface area contributed by atoms with Gasteiger partial charge in [0.2, 0.25) is 0 Å². The minimum absolute atomic E-state index is 0.255. The summed E-state index contributed by atoms with van der Waals surface area (Å²) < 4.78 is 0.300. The zero-order chi connectivity index (χ0) is 17.1. The lowest BCUT2D eigenvalue weighted by atomic mass is 9.82. The van der Waals surface area contributed by atoms with Gasteiger partial charge in [0.1, 0.15) is 0 Å². The molecule has 0 heterocycles. The van der Waals surface area contributed by atoms with Gasteiger partial charge < -0.3 is 0 Å². The monoisotopic (exact) mass is 326 g/mol. The van der Waals surface area contributed by atoms with Crippen LogP contribution >= 0.6 is 11.8 Å². The first-order valence-corrected chi connectivity index (χ1v) is 9.49. The Balaban J connectivity index is 2.17. The molecule has 124 valence electrons. The fourth-order valence-electron chi connectivity index (χ4n) is 2.42. The van der Waals surface area contributed by atoms with Gasteiger partial charge in [-0.15, -0.1) is 11.8 Å². The van der Waals surface area contributed by atoms with E-state index in [1.54, 1.807) is 0 Å². The van der Waals surface area contributed by atoms with E-state index in [1.807, 2.05) is 11.8 Å². The molecule has 0 bridgehead atoms. The van der Waals surface area contributed by atoms with Crippen LogP contribution in [0, 0.1) is 0 Å². The molecule has 0 aliphatic carbocycles. The highest BCUT2D eigenvalue weighted by molar-refractivity contribution is 8.00. The van der Waals surface area contributed by atoms with Gasteiger partial charge >= 0.3 is 0 Å². The first kappa shape index (κ1) is 18.1. The van der Waals surface area contributed by atoms with Crippen LogP contribution in [0.4, 0.5) is 0 Å². The molecular weight excluding hydrogens is 296 g/mol. The van der Waals surface area contributed by atoms with Gasteiger partial charge in [-0.2, -0.15) is 0 Å². The highest BCUT2D eigenvalue weighted by Crippen LogP contribution is 2.36.